The van der Waals surface area contributed by atoms with E-state index in [0.717, 1.165) is 16.7 Å². The first kappa shape index (κ1) is 27.4. The molecule has 3 aromatic rings. The largest absolute Gasteiger partial charge is 0.368 e. The summed E-state index contributed by atoms with van der Waals surface area (Å²) < 4.78 is 31.0. The first-order valence-corrected chi connectivity index (χ1v) is 12.8. The molecule has 1 unspecified atom stereocenters. The van der Waals surface area contributed by atoms with Gasteiger partial charge in [0.05, 0.1) is 25.9 Å². The van der Waals surface area contributed by atoms with Gasteiger partial charge in [0.25, 0.3) is 0 Å². The van der Waals surface area contributed by atoms with E-state index in [9.17, 15) is 0 Å². The molecule has 0 aliphatic carbocycles. The molecule has 0 radical (unpaired) electrons. The molecule has 5 atom stereocenters. The maximum Gasteiger partial charge on any atom is 0.186 e. The van der Waals surface area contributed by atoms with Crippen LogP contribution in [0.25, 0.3) is 0 Å². The molecule has 0 bridgehead atoms. The van der Waals surface area contributed by atoms with Gasteiger partial charge in [-0.3, -0.25) is 0 Å². The van der Waals surface area contributed by atoms with Crippen LogP contribution in [0.1, 0.15) is 23.6 Å². The summed E-state index contributed by atoms with van der Waals surface area (Å²) in [6, 6.07) is 22.7. The highest BCUT2D eigenvalue weighted by Crippen LogP contribution is 2.32. The van der Waals surface area contributed by atoms with E-state index in [1.54, 1.807) is 7.11 Å². The standard InChI is InChI=1S/C28H29Cl3O5/c1-18-25(33-15-19-9-3-6-12-22(19)29)26(34-16-20-10-4-7-13-23(20)30)27(28(32-2)36-18)35-17-21-11-5-8-14-24(21)31/h3-14,18,25-28H,15-17H2,1-2H3/t18-,25+,26+,27-,28?/m0/s1. The van der Waals surface area contributed by atoms with Gasteiger partial charge in [-0.25, -0.2) is 0 Å². The monoisotopic (exact) mass is 550 g/mol. The fraction of sp³-hybridized carbons (Fsp3) is 0.357. The van der Waals surface area contributed by atoms with Gasteiger partial charge in [-0.05, 0) is 41.8 Å². The summed E-state index contributed by atoms with van der Waals surface area (Å²) in [5.41, 5.74) is 2.59. The first-order valence-electron chi connectivity index (χ1n) is 11.7. The highest BCUT2D eigenvalue weighted by atomic mass is 35.5. The molecule has 0 N–H and O–H groups in total. The number of rotatable bonds is 10. The lowest BCUT2D eigenvalue weighted by atomic mass is 9.98. The zero-order chi connectivity index (χ0) is 25.5. The second-order valence-corrected chi connectivity index (χ2v) is 9.77. The molecule has 1 aliphatic heterocycles. The van der Waals surface area contributed by atoms with Gasteiger partial charge >= 0.3 is 0 Å². The molecule has 0 amide bonds. The number of hydrogen-bond donors (Lipinski definition) is 0. The van der Waals surface area contributed by atoms with Crippen LogP contribution in [0.5, 0.6) is 0 Å². The van der Waals surface area contributed by atoms with Crippen LogP contribution in [0.15, 0.2) is 72.8 Å². The Bertz CT molecular complexity index is 1130. The fourth-order valence-electron chi connectivity index (χ4n) is 4.16. The SMILES string of the molecule is COC1O[C@@H](C)[C@@H](OCc2ccccc2Cl)[C@@H](OCc2ccccc2Cl)[C@@H]1OCc1ccccc1Cl. The molecule has 4 rings (SSSR count). The smallest absolute Gasteiger partial charge is 0.186 e. The predicted molar refractivity (Wildman–Crippen MR) is 141 cm³/mol. The van der Waals surface area contributed by atoms with Crippen LogP contribution in [0, 0.1) is 0 Å². The van der Waals surface area contributed by atoms with Gasteiger partial charge in [0.15, 0.2) is 6.29 Å². The third-order valence-corrected chi connectivity index (χ3v) is 7.23. The number of methoxy groups -OCH3 is 1. The van der Waals surface area contributed by atoms with Crippen molar-refractivity contribution in [3.8, 4) is 0 Å². The predicted octanol–water partition coefficient (Wildman–Crippen LogP) is 7.09. The zero-order valence-electron chi connectivity index (χ0n) is 20.1. The van der Waals surface area contributed by atoms with E-state index in [-0.39, 0.29) is 19.3 Å². The summed E-state index contributed by atoms with van der Waals surface area (Å²) in [6.07, 6.45) is -2.60. The van der Waals surface area contributed by atoms with Gasteiger partial charge in [-0.1, -0.05) is 89.4 Å². The molecule has 1 heterocycles. The Morgan fingerprint density at radius 2 is 1.00 bits per heavy atom. The summed E-state index contributed by atoms with van der Waals surface area (Å²) in [4.78, 5) is 0. The van der Waals surface area contributed by atoms with E-state index >= 15 is 0 Å². The Hall–Kier alpha value is -1.67. The zero-order valence-corrected chi connectivity index (χ0v) is 22.4. The van der Waals surface area contributed by atoms with Crippen molar-refractivity contribution in [1.29, 1.82) is 0 Å². The molecule has 8 heteroatoms. The van der Waals surface area contributed by atoms with E-state index in [4.69, 9.17) is 58.5 Å². The third kappa shape index (κ3) is 6.80. The Labute approximate surface area is 227 Å². The number of hydrogen-bond acceptors (Lipinski definition) is 5. The molecular weight excluding hydrogens is 523 g/mol. The number of halogens is 3. The van der Waals surface area contributed by atoms with E-state index < -0.39 is 24.6 Å². The topological polar surface area (TPSA) is 46.2 Å². The summed E-state index contributed by atoms with van der Waals surface area (Å²) >= 11 is 19.1. The maximum atomic E-state index is 6.45. The molecule has 1 aliphatic rings. The molecule has 0 saturated carbocycles. The highest BCUT2D eigenvalue weighted by Gasteiger charge is 2.47. The van der Waals surface area contributed by atoms with Crippen molar-refractivity contribution in [2.75, 3.05) is 7.11 Å². The van der Waals surface area contributed by atoms with Gasteiger partial charge in [0, 0.05) is 22.2 Å². The minimum Gasteiger partial charge on any atom is -0.368 e. The van der Waals surface area contributed by atoms with Crippen LogP contribution >= 0.6 is 34.8 Å². The van der Waals surface area contributed by atoms with Crippen molar-refractivity contribution < 1.29 is 23.7 Å². The molecule has 36 heavy (non-hydrogen) atoms. The van der Waals surface area contributed by atoms with Crippen LogP contribution in [-0.2, 0) is 43.5 Å². The average molecular weight is 552 g/mol. The molecule has 3 aromatic carbocycles. The van der Waals surface area contributed by atoms with Crippen molar-refractivity contribution in [1.82, 2.24) is 0 Å². The lowest BCUT2D eigenvalue weighted by Gasteiger charge is -2.44. The van der Waals surface area contributed by atoms with Crippen LogP contribution in [-0.4, -0.2) is 37.8 Å². The summed E-state index contributed by atoms with van der Waals surface area (Å²) in [6.45, 7) is 2.74. The highest BCUT2D eigenvalue weighted by molar-refractivity contribution is 6.31. The van der Waals surface area contributed by atoms with E-state index in [1.165, 1.54) is 0 Å². The lowest BCUT2D eigenvalue weighted by Crippen LogP contribution is -2.59. The normalized spacial score (nSPS) is 24.1. The Balaban J connectivity index is 1.58. The Kier molecular flexibility index (Phi) is 10.1. The average Bonchev–Trinajstić information content (AvgIpc) is 2.88. The minimum absolute atomic E-state index is 0.255. The minimum atomic E-state index is -0.668. The second-order valence-electron chi connectivity index (χ2n) is 8.55. The van der Waals surface area contributed by atoms with Crippen LogP contribution in [0.4, 0.5) is 0 Å². The number of ether oxygens (including phenoxy) is 5. The molecule has 1 fully saturated rings. The molecular formula is C28H29Cl3O5. The first-order chi connectivity index (χ1) is 17.5. The third-order valence-electron chi connectivity index (χ3n) is 6.13. The summed E-state index contributed by atoms with van der Waals surface area (Å²) in [5.74, 6) is 0. The fourth-order valence-corrected chi connectivity index (χ4v) is 4.73. The van der Waals surface area contributed by atoms with Gasteiger partial charge in [0.1, 0.15) is 18.3 Å². The summed E-state index contributed by atoms with van der Waals surface area (Å²) in [5, 5.41) is 1.89. The van der Waals surface area contributed by atoms with Crippen LogP contribution < -0.4 is 0 Å². The van der Waals surface area contributed by atoms with Crippen molar-refractivity contribution in [3.05, 3.63) is 105 Å². The Morgan fingerprint density at radius 1 is 0.611 bits per heavy atom. The van der Waals surface area contributed by atoms with E-state index in [1.807, 2.05) is 79.7 Å². The van der Waals surface area contributed by atoms with Gasteiger partial charge in [-0.2, -0.15) is 0 Å². The molecule has 0 spiro atoms. The molecule has 192 valence electrons. The van der Waals surface area contributed by atoms with Crippen molar-refractivity contribution in [2.24, 2.45) is 0 Å². The van der Waals surface area contributed by atoms with Crippen LogP contribution in [0.3, 0.4) is 0 Å². The second kappa shape index (κ2) is 13.2. The Morgan fingerprint density at radius 3 is 1.42 bits per heavy atom. The van der Waals surface area contributed by atoms with Crippen molar-refractivity contribution in [3.63, 3.8) is 0 Å². The molecule has 0 aromatic heterocycles. The molecule has 1 saturated heterocycles. The van der Waals surface area contributed by atoms with E-state index in [2.05, 4.69) is 0 Å². The summed E-state index contributed by atoms with van der Waals surface area (Å²) in [7, 11) is 1.58. The van der Waals surface area contributed by atoms with Crippen molar-refractivity contribution in [2.45, 2.75) is 57.5 Å². The molecule has 5 nitrogen and oxygen atoms in total. The van der Waals surface area contributed by atoms with Crippen molar-refractivity contribution >= 4 is 34.8 Å². The van der Waals surface area contributed by atoms with E-state index in [0.29, 0.717) is 21.7 Å². The maximum absolute atomic E-state index is 6.45. The lowest BCUT2D eigenvalue weighted by molar-refractivity contribution is -0.314. The quantitative estimate of drug-likeness (QED) is 0.269. The number of benzene rings is 3. The van der Waals surface area contributed by atoms with Gasteiger partial charge in [-0.15, -0.1) is 0 Å². The van der Waals surface area contributed by atoms with Crippen LogP contribution in [0.2, 0.25) is 15.1 Å². The van der Waals surface area contributed by atoms with Gasteiger partial charge in [0.2, 0.25) is 0 Å². The van der Waals surface area contributed by atoms with Gasteiger partial charge < -0.3 is 23.7 Å².